The summed E-state index contributed by atoms with van der Waals surface area (Å²) in [5.41, 5.74) is 0.612. The molecular weight excluding hydrogens is 266 g/mol. The zero-order valence-electron chi connectivity index (χ0n) is 9.29. The van der Waals surface area contributed by atoms with Crippen LogP contribution in [0.15, 0.2) is 22.8 Å². The van der Waals surface area contributed by atoms with Crippen LogP contribution in [-0.2, 0) is 0 Å². The number of nitrogens with zero attached hydrogens (tertiary/aromatic N) is 1. The number of halogens is 1. The van der Waals surface area contributed by atoms with Crippen molar-refractivity contribution in [3.8, 4) is 0 Å². The number of pyridine rings is 1. The van der Waals surface area contributed by atoms with Crippen molar-refractivity contribution >= 4 is 21.7 Å². The van der Waals surface area contributed by atoms with E-state index in [0.29, 0.717) is 5.69 Å². The molecule has 86 valence electrons. The number of rotatable bonds is 2. The first kappa shape index (κ1) is 11.8. The Bertz CT molecular complexity index is 370. The maximum absolute atomic E-state index is 12.2. The van der Waals surface area contributed by atoms with Crippen molar-refractivity contribution in [1.29, 1.82) is 0 Å². The number of Topliss-reactive ketones (excluding diaryl/α,β-unsaturated/α-hetero) is 1. The third-order valence-corrected chi connectivity index (χ3v) is 3.64. The van der Waals surface area contributed by atoms with Gasteiger partial charge >= 0.3 is 0 Å². The number of carbonyl (C=O) groups is 1. The Labute approximate surface area is 105 Å². The Morgan fingerprint density at radius 1 is 1.19 bits per heavy atom. The van der Waals surface area contributed by atoms with Gasteiger partial charge in [0.15, 0.2) is 5.78 Å². The van der Waals surface area contributed by atoms with Gasteiger partial charge in [0.05, 0.1) is 0 Å². The molecule has 1 heterocycles. The number of carbonyl (C=O) groups excluding carboxylic acids is 1. The molecule has 1 fully saturated rings. The predicted octanol–water partition coefficient (Wildman–Crippen LogP) is 4.00. The molecule has 0 aromatic carbocycles. The van der Waals surface area contributed by atoms with Crippen LogP contribution in [0.25, 0.3) is 0 Å². The van der Waals surface area contributed by atoms with Gasteiger partial charge in [-0.25, -0.2) is 4.98 Å². The monoisotopic (exact) mass is 281 g/mol. The van der Waals surface area contributed by atoms with E-state index in [1.807, 2.05) is 18.2 Å². The molecule has 2 nitrogen and oxygen atoms in total. The highest BCUT2D eigenvalue weighted by atomic mass is 79.9. The molecular formula is C13H16BrNO. The van der Waals surface area contributed by atoms with E-state index >= 15 is 0 Å². The lowest BCUT2D eigenvalue weighted by Crippen LogP contribution is -2.15. The molecule has 2 rings (SSSR count). The van der Waals surface area contributed by atoms with E-state index in [0.717, 1.165) is 17.4 Å². The summed E-state index contributed by atoms with van der Waals surface area (Å²) in [6.07, 6.45) is 6.99. The van der Waals surface area contributed by atoms with Gasteiger partial charge in [0.2, 0.25) is 0 Å². The van der Waals surface area contributed by atoms with Crippen LogP contribution in [0.4, 0.5) is 0 Å². The molecule has 0 atom stereocenters. The van der Waals surface area contributed by atoms with Gasteiger partial charge in [-0.1, -0.05) is 31.7 Å². The van der Waals surface area contributed by atoms with Gasteiger partial charge in [-0.15, -0.1) is 0 Å². The van der Waals surface area contributed by atoms with Crippen molar-refractivity contribution < 1.29 is 4.79 Å². The lowest BCUT2D eigenvalue weighted by molar-refractivity contribution is 0.0902. The van der Waals surface area contributed by atoms with E-state index in [-0.39, 0.29) is 11.7 Å². The standard InChI is InChI=1S/C13H16BrNO/c14-12-9-5-8-11(15-12)13(16)10-6-3-1-2-4-7-10/h5,8-10H,1-4,6-7H2. The summed E-state index contributed by atoms with van der Waals surface area (Å²) in [6.45, 7) is 0. The second-order valence-electron chi connectivity index (χ2n) is 4.40. The van der Waals surface area contributed by atoms with Gasteiger partial charge < -0.3 is 0 Å². The second-order valence-corrected chi connectivity index (χ2v) is 5.21. The van der Waals surface area contributed by atoms with Crippen molar-refractivity contribution in [2.24, 2.45) is 5.92 Å². The van der Waals surface area contributed by atoms with Crippen molar-refractivity contribution in [3.05, 3.63) is 28.5 Å². The highest BCUT2D eigenvalue weighted by Crippen LogP contribution is 2.25. The fraction of sp³-hybridized carbons (Fsp3) is 0.538. The highest BCUT2D eigenvalue weighted by molar-refractivity contribution is 9.10. The Hall–Kier alpha value is -0.700. The number of aromatic nitrogens is 1. The topological polar surface area (TPSA) is 30.0 Å². The molecule has 0 unspecified atom stereocenters. The second kappa shape index (κ2) is 5.58. The first-order valence-corrected chi connectivity index (χ1v) is 6.73. The molecule has 1 aromatic rings. The summed E-state index contributed by atoms with van der Waals surface area (Å²) >= 11 is 3.31. The molecule has 0 spiro atoms. The first-order chi connectivity index (χ1) is 7.77. The van der Waals surface area contributed by atoms with Crippen LogP contribution in [-0.4, -0.2) is 10.8 Å². The number of hydrogen-bond donors (Lipinski definition) is 0. The van der Waals surface area contributed by atoms with Crippen LogP contribution in [0.2, 0.25) is 0 Å². The third kappa shape index (κ3) is 2.91. The zero-order valence-corrected chi connectivity index (χ0v) is 10.9. The van der Waals surface area contributed by atoms with Crippen LogP contribution in [0.1, 0.15) is 49.0 Å². The van der Waals surface area contributed by atoms with Gasteiger partial charge in [-0.3, -0.25) is 4.79 Å². The van der Waals surface area contributed by atoms with E-state index in [9.17, 15) is 4.79 Å². The van der Waals surface area contributed by atoms with Crippen molar-refractivity contribution in [2.45, 2.75) is 38.5 Å². The van der Waals surface area contributed by atoms with Crippen molar-refractivity contribution in [3.63, 3.8) is 0 Å². The Balaban J connectivity index is 2.11. The molecule has 0 aliphatic heterocycles. The predicted molar refractivity (Wildman–Crippen MR) is 67.5 cm³/mol. The summed E-state index contributed by atoms with van der Waals surface area (Å²) in [5.74, 6) is 0.424. The molecule has 0 saturated heterocycles. The molecule has 0 N–H and O–H groups in total. The fourth-order valence-corrected chi connectivity index (χ4v) is 2.64. The summed E-state index contributed by atoms with van der Waals surface area (Å²) in [7, 11) is 0. The van der Waals surface area contributed by atoms with E-state index in [1.54, 1.807) is 0 Å². The lowest BCUT2D eigenvalue weighted by atomic mass is 9.93. The van der Waals surface area contributed by atoms with Crippen LogP contribution < -0.4 is 0 Å². The van der Waals surface area contributed by atoms with E-state index < -0.39 is 0 Å². The number of ketones is 1. The normalized spacial score (nSPS) is 18.1. The fourth-order valence-electron chi connectivity index (χ4n) is 2.30. The molecule has 1 aromatic heterocycles. The maximum atomic E-state index is 12.2. The molecule has 16 heavy (non-hydrogen) atoms. The molecule has 3 heteroatoms. The van der Waals surface area contributed by atoms with Crippen molar-refractivity contribution in [2.75, 3.05) is 0 Å². The summed E-state index contributed by atoms with van der Waals surface area (Å²) in [6, 6.07) is 5.54. The SMILES string of the molecule is O=C(c1cccc(Br)n1)C1CCCCCC1. The van der Waals surface area contributed by atoms with Crippen molar-refractivity contribution in [1.82, 2.24) is 4.98 Å². The first-order valence-electron chi connectivity index (χ1n) is 5.94. The largest absolute Gasteiger partial charge is 0.292 e. The minimum absolute atomic E-state index is 0.198. The minimum atomic E-state index is 0.198. The van der Waals surface area contributed by atoms with Crippen LogP contribution in [0.5, 0.6) is 0 Å². The minimum Gasteiger partial charge on any atom is -0.292 e. The molecule has 1 saturated carbocycles. The molecule has 0 amide bonds. The van der Waals surface area contributed by atoms with Crippen LogP contribution in [0, 0.1) is 5.92 Å². The lowest BCUT2D eigenvalue weighted by Gasteiger charge is -2.11. The Morgan fingerprint density at radius 3 is 2.50 bits per heavy atom. The van der Waals surface area contributed by atoms with Gasteiger partial charge in [-0.2, -0.15) is 0 Å². The van der Waals surface area contributed by atoms with E-state index in [4.69, 9.17) is 0 Å². The van der Waals surface area contributed by atoms with Gasteiger partial charge in [-0.05, 0) is 40.9 Å². The molecule has 1 aliphatic rings. The average Bonchev–Trinajstić information content (AvgIpc) is 2.56. The molecule has 0 bridgehead atoms. The van der Waals surface area contributed by atoms with E-state index in [2.05, 4.69) is 20.9 Å². The molecule has 1 aliphatic carbocycles. The summed E-state index contributed by atoms with van der Waals surface area (Å²) in [4.78, 5) is 16.5. The van der Waals surface area contributed by atoms with E-state index in [1.165, 1.54) is 25.7 Å². The van der Waals surface area contributed by atoms with Gasteiger partial charge in [0, 0.05) is 5.92 Å². The third-order valence-electron chi connectivity index (χ3n) is 3.19. The zero-order chi connectivity index (χ0) is 11.4. The smallest absolute Gasteiger partial charge is 0.184 e. The Kier molecular flexibility index (Phi) is 4.10. The maximum Gasteiger partial charge on any atom is 0.184 e. The van der Waals surface area contributed by atoms with Crippen LogP contribution in [0.3, 0.4) is 0 Å². The van der Waals surface area contributed by atoms with Gasteiger partial charge in [0.25, 0.3) is 0 Å². The van der Waals surface area contributed by atoms with Gasteiger partial charge in [0.1, 0.15) is 10.3 Å². The quantitative estimate of drug-likeness (QED) is 0.466. The summed E-state index contributed by atoms with van der Waals surface area (Å²) in [5, 5.41) is 0. The number of hydrogen-bond acceptors (Lipinski definition) is 2. The molecule has 0 radical (unpaired) electrons. The summed E-state index contributed by atoms with van der Waals surface area (Å²) < 4.78 is 0.743. The van der Waals surface area contributed by atoms with Crippen LogP contribution >= 0.6 is 15.9 Å². The highest BCUT2D eigenvalue weighted by Gasteiger charge is 2.22. The average molecular weight is 282 g/mol. The Morgan fingerprint density at radius 2 is 1.88 bits per heavy atom.